The smallest absolute Gasteiger partial charge is 0.255 e. The lowest BCUT2D eigenvalue weighted by Gasteiger charge is -2.35. The zero-order valence-electron chi connectivity index (χ0n) is 21.5. The lowest BCUT2D eigenvalue weighted by Crippen LogP contribution is -2.52. The standard InChI is InChI=1S/C30H33BrN4O3/c31-24-7-5-21(6-8-24)25-3-1-2-22(25)18-34-14-12-33(13-15-34)17-20-4-9-26-23(16-20)19-35(30(26)38)27-10-11-28(36)32-29(27)37/h4-9,16,27H,1-3,10-15,17-19H2,(H,32,36,37). The summed E-state index contributed by atoms with van der Waals surface area (Å²) < 4.78 is 1.12. The number of hydrogen-bond donors (Lipinski definition) is 1. The third-order valence-electron chi connectivity index (χ3n) is 8.40. The van der Waals surface area contributed by atoms with Gasteiger partial charge in [-0.15, -0.1) is 0 Å². The lowest BCUT2D eigenvalue weighted by atomic mass is 10.0. The Morgan fingerprint density at radius 1 is 0.868 bits per heavy atom. The van der Waals surface area contributed by atoms with Gasteiger partial charge in [-0.2, -0.15) is 0 Å². The molecule has 1 unspecified atom stereocenters. The van der Waals surface area contributed by atoms with Crippen LogP contribution in [0.15, 0.2) is 52.5 Å². The van der Waals surface area contributed by atoms with E-state index in [1.807, 2.05) is 12.1 Å². The van der Waals surface area contributed by atoms with E-state index < -0.39 is 6.04 Å². The van der Waals surface area contributed by atoms with Crippen molar-refractivity contribution in [1.82, 2.24) is 20.0 Å². The minimum absolute atomic E-state index is 0.113. The van der Waals surface area contributed by atoms with Gasteiger partial charge >= 0.3 is 0 Å². The van der Waals surface area contributed by atoms with E-state index in [2.05, 4.69) is 61.4 Å². The summed E-state index contributed by atoms with van der Waals surface area (Å²) in [6.45, 7) is 6.53. The van der Waals surface area contributed by atoms with E-state index in [1.165, 1.54) is 30.4 Å². The molecule has 1 N–H and O–H groups in total. The Bertz CT molecular complexity index is 1300. The number of carbonyl (C=O) groups is 3. The third kappa shape index (κ3) is 5.22. The predicted octanol–water partition coefficient (Wildman–Crippen LogP) is 3.97. The van der Waals surface area contributed by atoms with Crippen LogP contribution in [-0.4, -0.2) is 71.2 Å². The number of nitrogens with zero attached hydrogens (tertiary/aromatic N) is 3. The Morgan fingerprint density at radius 2 is 1.61 bits per heavy atom. The van der Waals surface area contributed by atoms with Crippen LogP contribution in [0.25, 0.3) is 5.57 Å². The van der Waals surface area contributed by atoms with E-state index in [4.69, 9.17) is 0 Å². The fourth-order valence-corrected chi connectivity index (χ4v) is 6.60. The van der Waals surface area contributed by atoms with Crippen molar-refractivity contribution in [2.45, 2.75) is 51.2 Å². The van der Waals surface area contributed by atoms with Gasteiger partial charge in [0.1, 0.15) is 6.04 Å². The van der Waals surface area contributed by atoms with E-state index >= 15 is 0 Å². The van der Waals surface area contributed by atoms with Crippen LogP contribution in [0, 0.1) is 0 Å². The maximum Gasteiger partial charge on any atom is 0.255 e. The van der Waals surface area contributed by atoms with Gasteiger partial charge in [0.2, 0.25) is 11.8 Å². The molecule has 198 valence electrons. The van der Waals surface area contributed by atoms with Gasteiger partial charge in [-0.25, -0.2) is 0 Å². The van der Waals surface area contributed by atoms with Crippen molar-refractivity contribution < 1.29 is 14.4 Å². The quantitative estimate of drug-likeness (QED) is 0.527. The number of allylic oxidation sites excluding steroid dienone is 1. The van der Waals surface area contributed by atoms with Crippen molar-refractivity contribution in [2.75, 3.05) is 32.7 Å². The fourth-order valence-electron chi connectivity index (χ4n) is 6.34. The van der Waals surface area contributed by atoms with E-state index in [0.29, 0.717) is 18.5 Å². The molecule has 7 nitrogen and oxygen atoms in total. The summed E-state index contributed by atoms with van der Waals surface area (Å²) in [4.78, 5) is 43.5. The molecule has 0 spiro atoms. The zero-order valence-corrected chi connectivity index (χ0v) is 23.1. The van der Waals surface area contributed by atoms with Crippen LogP contribution in [0.1, 0.15) is 59.2 Å². The van der Waals surface area contributed by atoms with Crippen LogP contribution in [0.2, 0.25) is 0 Å². The maximum atomic E-state index is 13.0. The minimum atomic E-state index is -0.566. The van der Waals surface area contributed by atoms with Gasteiger partial charge in [0.15, 0.2) is 0 Å². The molecule has 6 rings (SSSR count). The summed E-state index contributed by atoms with van der Waals surface area (Å²) in [6.07, 6.45) is 4.30. The van der Waals surface area contributed by atoms with Crippen molar-refractivity contribution >= 4 is 39.2 Å². The number of amides is 3. The van der Waals surface area contributed by atoms with Crippen LogP contribution in [0.5, 0.6) is 0 Å². The number of piperidine rings is 1. The summed E-state index contributed by atoms with van der Waals surface area (Å²) in [6, 6.07) is 14.3. The first-order valence-corrected chi connectivity index (χ1v) is 14.4. The molecule has 1 aliphatic carbocycles. The molecule has 0 saturated carbocycles. The molecule has 3 amide bonds. The maximum absolute atomic E-state index is 13.0. The first kappa shape index (κ1) is 25.5. The first-order chi connectivity index (χ1) is 18.4. The van der Waals surface area contributed by atoms with E-state index in [-0.39, 0.29) is 24.1 Å². The Morgan fingerprint density at radius 3 is 2.34 bits per heavy atom. The molecule has 3 aliphatic heterocycles. The summed E-state index contributed by atoms with van der Waals surface area (Å²) in [7, 11) is 0. The van der Waals surface area contributed by atoms with Gasteiger partial charge in [0, 0.05) is 62.3 Å². The zero-order chi connectivity index (χ0) is 26.2. The van der Waals surface area contributed by atoms with E-state index in [9.17, 15) is 14.4 Å². The molecule has 0 radical (unpaired) electrons. The Balaban J connectivity index is 1.04. The normalized spacial score (nSPS) is 22.8. The number of piperazine rings is 1. The fraction of sp³-hybridized carbons (Fsp3) is 0.433. The highest BCUT2D eigenvalue weighted by molar-refractivity contribution is 9.10. The molecule has 2 aromatic carbocycles. The summed E-state index contributed by atoms with van der Waals surface area (Å²) >= 11 is 3.55. The number of fused-ring (bicyclic) bond motifs is 1. The topological polar surface area (TPSA) is 73.0 Å². The van der Waals surface area contributed by atoms with Gasteiger partial charge in [0.25, 0.3) is 5.91 Å². The predicted molar refractivity (Wildman–Crippen MR) is 149 cm³/mol. The number of benzene rings is 2. The van der Waals surface area contributed by atoms with Crippen LogP contribution in [0.3, 0.4) is 0 Å². The van der Waals surface area contributed by atoms with Crippen LogP contribution in [0.4, 0.5) is 0 Å². The van der Waals surface area contributed by atoms with Crippen LogP contribution in [-0.2, 0) is 22.7 Å². The second-order valence-electron chi connectivity index (χ2n) is 10.9. The molecule has 3 heterocycles. The van der Waals surface area contributed by atoms with Gasteiger partial charge in [-0.3, -0.25) is 29.5 Å². The molecule has 1 atom stereocenters. The monoisotopic (exact) mass is 576 g/mol. The lowest BCUT2D eigenvalue weighted by molar-refractivity contribution is -0.136. The molecule has 8 heteroatoms. The van der Waals surface area contributed by atoms with E-state index in [1.54, 1.807) is 16.0 Å². The third-order valence-corrected chi connectivity index (χ3v) is 8.93. The van der Waals surface area contributed by atoms with Gasteiger partial charge < -0.3 is 4.90 Å². The highest BCUT2D eigenvalue weighted by Gasteiger charge is 2.39. The molecule has 2 fully saturated rings. The number of nitrogens with one attached hydrogen (secondary N) is 1. The summed E-state index contributed by atoms with van der Waals surface area (Å²) in [5.41, 5.74) is 7.36. The Kier molecular flexibility index (Phi) is 7.20. The molecule has 0 aromatic heterocycles. The summed E-state index contributed by atoms with van der Waals surface area (Å²) in [5.74, 6) is -0.737. The van der Waals surface area contributed by atoms with Crippen molar-refractivity contribution in [2.24, 2.45) is 0 Å². The molecule has 4 aliphatic rings. The van der Waals surface area contributed by atoms with Crippen molar-refractivity contribution in [1.29, 1.82) is 0 Å². The van der Waals surface area contributed by atoms with Crippen LogP contribution < -0.4 is 5.32 Å². The minimum Gasteiger partial charge on any atom is -0.322 e. The highest BCUT2D eigenvalue weighted by atomic mass is 79.9. The number of rotatable bonds is 6. The molecular formula is C30H33BrN4O3. The number of imide groups is 1. The average molecular weight is 578 g/mol. The second kappa shape index (κ2) is 10.8. The van der Waals surface area contributed by atoms with E-state index in [0.717, 1.165) is 49.3 Å². The average Bonchev–Trinajstić information content (AvgIpc) is 3.50. The van der Waals surface area contributed by atoms with Crippen molar-refractivity contribution in [3.8, 4) is 0 Å². The molecule has 2 saturated heterocycles. The second-order valence-corrected chi connectivity index (χ2v) is 11.8. The molecule has 2 aromatic rings. The van der Waals surface area contributed by atoms with Crippen molar-refractivity contribution in [3.63, 3.8) is 0 Å². The number of carbonyl (C=O) groups excluding carboxylic acids is 3. The Hall–Kier alpha value is -2.81. The summed E-state index contributed by atoms with van der Waals surface area (Å²) in [5, 5.41) is 2.37. The Labute approximate surface area is 232 Å². The van der Waals surface area contributed by atoms with Gasteiger partial charge in [-0.05, 0) is 66.1 Å². The van der Waals surface area contributed by atoms with Crippen LogP contribution >= 0.6 is 15.9 Å². The van der Waals surface area contributed by atoms with Crippen molar-refractivity contribution in [3.05, 3.63) is 74.8 Å². The first-order valence-electron chi connectivity index (χ1n) is 13.6. The SMILES string of the molecule is O=C1CCC(N2Cc3cc(CN4CCN(CC5=C(c6ccc(Br)cc6)CCC5)CC4)ccc3C2=O)C(=O)N1. The largest absolute Gasteiger partial charge is 0.322 e. The van der Waals surface area contributed by atoms with Gasteiger partial charge in [0.05, 0.1) is 0 Å². The number of halogens is 1. The molecule has 38 heavy (non-hydrogen) atoms. The van der Waals surface area contributed by atoms with Gasteiger partial charge in [-0.1, -0.05) is 45.8 Å². The molecule has 0 bridgehead atoms. The number of hydrogen-bond acceptors (Lipinski definition) is 5. The highest BCUT2D eigenvalue weighted by Crippen LogP contribution is 2.35. The molecular weight excluding hydrogens is 544 g/mol.